The Labute approximate surface area is 230 Å². The van der Waals surface area contributed by atoms with E-state index in [1.54, 1.807) is 0 Å². The zero-order chi connectivity index (χ0) is 28.2. The first kappa shape index (κ1) is 27.1. The van der Waals surface area contributed by atoms with Gasteiger partial charge in [0.1, 0.15) is 0 Å². The van der Waals surface area contributed by atoms with Crippen LogP contribution in [-0.2, 0) is 29.0 Å². The maximum Gasteiger partial charge on any atom is 0.323 e. The SMILES string of the molecule is COC(=O)C1(C(=O)OC)CC(P(=O)(c2cccc(C)c2)c2cccc(C)c2)=C2c3ccccc3C(C)(C)C2C1. The van der Waals surface area contributed by atoms with Gasteiger partial charge in [0.05, 0.1) is 14.2 Å². The number of rotatable bonds is 5. The van der Waals surface area contributed by atoms with E-state index in [-0.39, 0.29) is 18.8 Å². The molecule has 0 N–H and O–H groups in total. The Bertz CT molecular complexity index is 1500. The van der Waals surface area contributed by atoms with E-state index in [4.69, 9.17) is 9.47 Å². The van der Waals surface area contributed by atoms with Gasteiger partial charge >= 0.3 is 11.9 Å². The van der Waals surface area contributed by atoms with Crippen LogP contribution in [-0.4, -0.2) is 26.2 Å². The number of aryl methyl sites for hydroxylation is 2. The van der Waals surface area contributed by atoms with Gasteiger partial charge in [0.15, 0.2) is 12.6 Å². The normalized spacial score (nSPS) is 19.2. The molecule has 0 saturated carbocycles. The molecule has 1 unspecified atom stereocenters. The number of benzene rings is 3. The quantitative estimate of drug-likeness (QED) is 0.223. The summed E-state index contributed by atoms with van der Waals surface area (Å²) in [6.45, 7) is 8.23. The molecule has 39 heavy (non-hydrogen) atoms. The molecule has 1 atom stereocenters. The number of carbonyl (C=O) groups excluding carboxylic acids is 2. The van der Waals surface area contributed by atoms with Gasteiger partial charge in [-0.05, 0) is 60.4 Å². The molecule has 0 bridgehead atoms. The zero-order valence-electron chi connectivity index (χ0n) is 23.4. The Morgan fingerprint density at radius 1 is 0.821 bits per heavy atom. The lowest BCUT2D eigenvalue weighted by Gasteiger charge is -2.43. The van der Waals surface area contributed by atoms with Gasteiger partial charge in [-0.15, -0.1) is 0 Å². The third kappa shape index (κ3) is 4.02. The van der Waals surface area contributed by atoms with Gasteiger partial charge in [-0.1, -0.05) is 85.6 Å². The molecular formula is C33H35O5P. The van der Waals surface area contributed by atoms with E-state index in [0.717, 1.165) is 27.8 Å². The van der Waals surface area contributed by atoms with E-state index in [9.17, 15) is 9.59 Å². The van der Waals surface area contributed by atoms with Gasteiger partial charge in [0.25, 0.3) is 0 Å². The van der Waals surface area contributed by atoms with E-state index in [1.807, 2.05) is 74.5 Å². The Hall–Kier alpha value is -3.43. The Kier molecular flexibility index (Phi) is 6.71. The van der Waals surface area contributed by atoms with Crippen molar-refractivity contribution in [1.29, 1.82) is 0 Å². The lowest BCUT2D eigenvalue weighted by molar-refractivity contribution is -0.170. The first-order valence-electron chi connectivity index (χ1n) is 13.3. The molecule has 5 rings (SSSR count). The van der Waals surface area contributed by atoms with E-state index < -0.39 is 29.9 Å². The number of methoxy groups -OCH3 is 2. The van der Waals surface area contributed by atoms with Crippen LogP contribution in [0.4, 0.5) is 0 Å². The van der Waals surface area contributed by atoms with Crippen molar-refractivity contribution in [1.82, 2.24) is 0 Å². The highest BCUT2D eigenvalue weighted by atomic mass is 31.2. The summed E-state index contributed by atoms with van der Waals surface area (Å²) in [4.78, 5) is 27.2. The molecule has 0 heterocycles. The summed E-state index contributed by atoms with van der Waals surface area (Å²) in [7, 11) is -0.966. The van der Waals surface area contributed by atoms with E-state index in [0.29, 0.717) is 15.9 Å². The van der Waals surface area contributed by atoms with Crippen molar-refractivity contribution in [2.75, 3.05) is 14.2 Å². The summed E-state index contributed by atoms with van der Waals surface area (Å²) < 4.78 is 26.5. The van der Waals surface area contributed by atoms with E-state index >= 15 is 4.57 Å². The summed E-state index contributed by atoms with van der Waals surface area (Å²) >= 11 is 0. The molecule has 0 radical (unpaired) electrons. The highest BCUT2D eigenvalue weighted by Crippen LogP contribution is 2.68. The van der Waals surface area contributed by atoms with Crippen molar-refractivity contribution in [3.8, 4) is 0 Å². The van der Waals surface area contributed by atoms with Crippen LogP contribution in [0.1, 0.15) is 48.9 Å². The van der Waals surface area contributed by atoms with Gasteiger partial charge in [-0.2, -0.15) is 0 Å². The molecule has 0 saturated heterocycles. The number of hydrogen-bond acceptors (Lipinski definition) is 5. The van der Waals surface area contributed by atoms with Crippen LogP contribution in [0.3, 0.4) is 0 Å². The third-order valence-corrected chi connectivity index (χ3v) is 11.9. The van der Waals surface area contributed by atoms with E-state index in [1.165, 1.54) is 14.2 Å². The standard InChI is InChI=1S/C33H35O5P/c1-21-11-9-13-23(17-21)39(36,24-14-10-12-22(2)18-24)28-20-33(30(34)37-5,31(35)38-6)19-27-29(28)25-15-7-8-16-26(25)32(27,3)4/h7-18,27H,19-20H2,1-6H3. The molecule has 6 heteroatoms. The van der Waals surface area contributed by atoms with E-state index in [2.05, 4.69) is 26.0 Å². The fourth-order valence-electron chi connectivity index (χ4n) is 6.71. The van der Waals surface area contributed by atoms with Crippen molar-refractivity contribution in [3.05, 3.63) is 100 Å². The second-order valence-corrected chi connectivity index (χ2v) is 14.2. The molecule has 0 aromatic heterocycles. The largest absolute Gasteiger partial charge is 0.468 e. The Morgan fingerprint density at radius 2 is 1.36 bits per heavy atom. The molecule has 3 aromatic rings. The molecular weight excluding hydrogens is 507 g/mol. The number of ether oxygens (including phenoxy) is 2. The number of carbonyl (C=O) groups is 2. The maximum absolute atomic E-state index is 16.0. The molecule has 0 fully saturated rings. The van der Waals surface area contributed by atoms with Crippen LogP contribution in [0, 0.1) is 25.2 Å². The molecule has 0 aliphatic heterocycles. The van der Waals surface area contributed by atoms with Gasteiger partial charge < -0.3 is 14.0 Å². The number of fused-ring (bicyclic) bond motifs is 3. The number of esters is 2. The monoisotopic (exact) mass is 542 g/mol. The Morgan fingerprint density at radius 3 is 1.87 bits per heavy atom. The molecule has 3 aromatic carbocycles. The second kappa shape index (κ2) is 9.64. The van der Waals surface area contributed by atoms with Crippen LogP contribution in [0.25, 0.3) is 5.57 Å². The summed E-state index contributed by atoms with van der Waals surface area (Å²) in [5.74, 6) is -1.56. The van der Waals surface area contributed by atoms with Crippen molar-refractivity contribution < 1.29 is 23.6 Å². The van der Waals surface area contributed by atoms with Crippen LogP contribution in [0.2, 0.25) is 0 Å². The minimum Gasteiger partial charge on any atom is -0.468 e. The predicted molar refractivity (Wildman–Crippen MR) is 155 cm³/mol. The highest BCUT2D eigenvalue weighted by molar-refractivity contribution is 7.82. The molecule has 2 aliphatic rings. The average Bonchev–Trinajstić information content (AvgIpc) is 3.17. The lowest BCUT2D eigenvalue weighted by atomic mass is 9.64. The zero-order valence-corrected chi connectivity index (χ0v) is 24.3. The smallest absolute Gasteiger partial charge is 0.323 e. The van der Waals surface area contributed by atoms with Gasteiger partial charge in [0, 0.05) is 22.3 Å². The molecule has 202 valence electrons. The molecule has 0 amide bonds. The summed E-state index contributed by atoms with van der Waals surface area (Å²) in [5.41, 5.74) is 3.06. The third-order valence-electron chi connectivity index (χ3n) is 8.73. The maximum atomic E-state index is 16.0. The molecule has 5 nitrogen and oxygen atoms in total. The fourth-order valence-corrected chi connectivity index (χ4v) is 10.1. The number of allylic oxidation sites excluding steroid dienone is 2. The molecule has 0 spiro atoms. The predicted octanol–water partition coefficient (Wildman–Crippen LogP) is 6.06. The van der Waals surface area contributed by atoms with Crippen LogP contribution in [0.15, 0.2) is 78.1 Å². The Balaban J connectivity index is 1.94. The fraction of sp³-hybridized carbons (Fsp3) is 0.333. The highest BCUT2D eigenvalue weighted by Gasteiger charge is 2.61. The summed E-state index contributed by atoms with van der Waals surface area (Å²) in [6.07, 6.45) is 0.177. The van der Waals surface area contributed by atoms with Gasteiger partial charge in [-0.3, -0.25) is 9.59 Å². The number of hydrogen-bond donors (Lipinski definition) is 0. The van der Waals surface area contributed by atoms with Crippen LogP contribution in [0.5, 0.6) is 0 Å². The van der Waals surface area contributed by atoms with Crippen molar-refractivity contribution in [2.24, 2.45) is 11.3 Å². The topological polar surface area (TPSA) is 69.7 Å². The van der Waals surface area contributed by atoms with Crippen LogP contribution < -0.4 is 10.6 Å². The van der Waals surface area contributed by atoms with Crippen LogP contribution >= 0.6 is 7.14 Å². The van der Waals surface area contributed by atoms with Crippen molar-refractivity contribution >= 4 is 35.3 Å². The minimum absolute atomic E-state index is 0.0399. The minimum atomic E-state index is -3.55. The second-order valence-electron chi connectivity index (χ2n) is 11.4. The van der Waals surface area contributed by atoms with Crippen molar-refractivity contribution in [3.63, 3.8) is 0 Å². The first-order chi connectivity index (χ1) is 18.5. The molecule has 2 aliphatic carbocycles. The first-order valence-corrected chi connectivity index (χ1v) is 15.0. The van der Waals surface area contributed by atoms with Crippen molar-refractivity contribution in [2.45, 2.75) is 46.0 Å². The summed E-state index contributed by atoms with van der Waals surface area (Å²) in [6, 6.07) is 23.7. The summed E-state index contributed by atoms with van der Waals surface area (Å²) in [5, 5.41) is 1.99. The van der Waals surface area contributed by atoms with Gasteiger partial charge in [-0.25, -0.2) is 0 Å². The lowest BCUT2D eigenvalue weighted by Crippen LogP contribution is -2.47. The average molecular weight is 543 g/mol. The van der Waals surface area contributed by atoms with Gasteiger partial charge in [0.2, 0.25) is 0 Å².